The lowest BCUT2D eigenvalue weighted by atomic mass is 9.89. The molecule has 0 atom stereocenters. The van der Waals surface area contributed by atoms with E-state index in [2.05, 4.69) is 0 Å². The van der Waals surface area contributed by atoms with E-state index in [0.29, 0.717) is 45.1 Å². The normalized spacial score (nSPS) is 20.3. The summed E-state index contributed by atoms with van der Waals surface area (Å²) in [5, 5.41) is 0. The highest BCUT2D eigenvalue weighted by Crippen LogP contribution is 2.24. The van der Waals surface area contributed by atoms with Crippen molar-refractivity contribution in [3.05, 3.63) is 30.1 Å². The molecule has 1 aromatic carbocycles. The lowest BCUT2D eigenvalue weighted by Gasteiger charge is -2.29. The number of hydrogen-bond acceptors (Lipinski definition) is 4. The number of benzene rings is 1. The third kappa shape index (κ3) is 5.99. The van der Waals surface area contributed by atoms with Gasteiger partial charge in [-0.3, -0.25) is 9.69 Å². The number of halogens is 1. The highest BCUT2D eigenvalue weighted by atomic mass is 32.2. The first-order chi connectivity index (χ1) is 13.9. The van der Waals surface area contributed by atoms with Crippen molar-refractivity contribution >= 4 is 15.9 Å². The molecule has 0 spiro atoms. The Balaban J connectivity index is 1.52. The van der Waals surface area contributed by atoms with Crippen molar-refractivity contribution in [3.63, 3.8) is 0 Å². The quantitative estimate of drug-likeness (QED) is 0.703. The van der Waals surface area contributed by atoms with Gasteiger partial charge in [-0.15, -0.1) is 0 Å². The summed E-state index contributed by atoms with van der Waals surface area (Å²) in [5.74, 6) is 0.255. The molecule has 6 nitrogen and oxygen atoms in total. The molecule has 29 heavy (non-hydrogen) atoms. The topological polar surface area (TPSA) is 60.9 Å². The Morgan fingerprint density at radius 2 is 1.72 bits per heavy atom. The molecule has 2 aliphatic rings. The van der Waals surface area contributed by atoms with Crippen molar-refractivity contribution in [2.45, 2.75) is 43.4 Å². The van der Waals surface area contributed by atoms with E-state index in [1.54, 1.807) is 0 Å². The Kier molecular flexibility index (Phi) is 7.65. The van der Waals surface area contributed by atoms with Gasteiger partial charge in [-0.25, -0.2) is 12.8 Å². The first kappa shape index (κ1) is 22.2. The van der Waals surface area contributed by atoms with Gasteiger partial charge in [-0.2, -0.15) is 4.31 Å². The molecule has 0 bridgehead atoms. The number of rotatable bonds is 6. The van der Waals surface area contributed by atoms with Gasteiger partial charge >= 0.3 is 0 Å². The van der Waals surface area contributed by atoms with Gasteiger partial charge in [-0.1, -0.05) is 19.3 Å². The zero-order chi connectivity index (χ0) is 20.9. The molecule has 0 unspecified atom stereocenters. The second-order valence-corrected chi connectivity index (χ2v) is 10.2. The third-order valence-electron chi connectivity index (χ3n) is 6.04. The minimum absolute atomic E-state index is 0.102. The smallest absolute Gasteiger partial charge is 0.243 e. The van der Waals surface area contributed by atoms with Crippen LogP contribution in [0.15, 0.2) is 29.2 Å². The van der Waals surface area contributed by atoms with E-state index in [1.165, 1.54) is 48.5 Å². The largest absolute Gasteiger partial charge is 0.344 e. The van der Waals surface area contributed by atoms with Gasteiger partial charge < -0.3 is 4.90 Å². The fourth-order valence-electron chi connectivity index (χ4n) is 4.27. The molecule has 2 fully saturated rings. The standard InChI is InChI=1S/C21H32FN3O3S/c1-23(16-18-6-3-2-4-7-18)21(26)17-24-12-5-13-25(15-14-24)29(27,28)20-10-8-19(22)9-11-20/h8-11,18H,2-7,12-17H2,1H3. The summed E-state index contributed by atoms with van der Waals surface area (Å²) >= 11 is 0. The van der Waals surface area contributed by atoms with Crippen molar-refractivity contribution in [3.8, 4) is 0 Å². The minimum Gasteiger partial charge on any atom is -0.344 e. The van der Waals surface area contributed by atoms with Crippen LogP contribution in [0.3, 0.4) is 0 Å². The summed E-state index contributed by atoms with van der Waals surface area (Å²) < 4.78 is 40.2. The first-order valence-electron chi connectivity index (χ1n) is 10.6. The van der Waals surface area contributed by atoms with Gasteiger partial charge in [0, 0.05) is 33.2 Å². The Morgan fingerprint density at radius 3 is 2.41 bits per heavy atom. The Labute approximate surface area is 173 Å². The molecule has 162 valence electrons. The number of carbonyl (C=O) groups excluding carboxylic acids is 1. The molecule has 0 N–H and O–H groups in total. The summed E-state index contributed by atoms with van der Waals surface area (Å²) in [7, 11) is -1.77. The van der Waals surface area contributed by atoms with Crippen LogP contribution in [-0.4, -0.2) is 74.7 Å². The van der Waals surface area contributed by atoms with Crippen molar-refractivity contribution in [1.82, 2.24) is 14.1 Å². The molecule has 1 saturated carbocycles. The molecule has 1 amide bonds. The Bertz CT molecular complexity index is 779. The van der Waals surface area contributed by atoms with Crippen LogP contribution in [0.2, 0.25) is 0 Å². The summed E-state index contributed by atoms with van der Waals surface area (Å²) in [6, 6.07) is 4.93. The van der Waals surface area contributed by atoms with E-state index in [9.17, 15) is 17.6 Å². The molecule has 1 saturated heterocycles. The van der Waals surface area contributed by atoms with Crippen molar-refractivity contribution in [1.29, 1.82) is 0 Å². The number of carbonyl (C=O) groups is 1. The Morgan fingerprint density at radius 1 is 1.03 bits per heavy atom. The fraction of sp³-hybridized carbons (Fsp3) is 0.667. The highest BCUT2D eigenvalue weighted by molar-refractivity contribution is 7.89. The van der Waals surface area contributed by atoms with E-state index in [-0.39, 0.29) is 10.8 Å². The lowest BCUT2D eigenvalue weighted by molar-refractivity contribution is -0.131. The number of sulfonamides is 1. The van der Waals surface area contributed by atoms with Gasteiger partial charge in [0.2, 0.25) is 15.9 Å². The van der Waals surface area contributed by atoms with Gasteiger partial charge in [0.25, 0.3) is 0 Å². The summed E-state index contributed by atoms with van der Waals surface area (Å²) in [6.07, 6.45) is 6.91. The fourth-order valence-corrected chi connectivity index (χ4v) is 5.74. The number of amides is 1. The maximum Gasteiger partial charge on any atom is 0.243 e. The summed E-state index contributed by atoms with van der Waals surface area (Å²) in [6.45, 7) is 3.09. The summed E-state index contributed by atoms with van der Waals surface area (Å²) in [4.78, 5) is 16.6. The van der Waals surface area contributed by atoms with E-state index in [0.717, 1.165) is 18.7 Å². The summed E-state index contributed by atoms with van der Waals surface area (Å²) in [5.41, 5.74) is 0. The molecule has 1 heterocycles. The van der Waals surface area contributed by atoms with Gasteiger partial charge in [0.05, 0.1) is 11.4 Å². The molecule has 1 aliphatic carbocycles. The van der Waals surface area contributed by atoms with E-state index < -0.39 is 15.8 Å². The SMILES string of the molecule is CN(CC1CCCCC1)C(=O)CN1CCCN(S(=O)(=O)c2ccc(F)cc2)CC1. The van der Waals surface area contributed by atoms with E-state index >= 15 is 0 Å². The van der Waals surface area contributed by atoms with Crippen molar-refractivity contribution < 1.29 is 17.6 Å². The Hall–Kier alpha value is -1.51. The molecular formula is C21H32FN3O3S. The van der Waals surface area contributed by atoms with Crippen LogP contribution in [-0.2, 0) is 14.8 Å². The highest BCUT2D eigenvalue weighted by Gasteiger charge is 2.28. The lowest BCUT2D eigenvalue weighted by Crippen LogP contribution is -2.42. The van der Waals surface area contributed by atoms with Crippen LogP contribution >= 0.6 is 0 Å². The average molecular weight is 426 g/mol. The van der Waals surface area contributed by atoms with Crippen LogP contribution in [0.1, 0.15) is 38.5 Å². The monoisotopic (exact) mass is 425 g/mol. The second-order valence-electron chi connectivity index (χ2n) is 8.27. The molecule has 0 radical (unpaired) electrons. The first-order valence-corrected chi connectivity index (χ1v) is 12.0. The maximum absolute atomic E-state index is 13.1. The molecule has 3 rings (SSSR count). The molecule has 0 aromatic heterocycles. The van der Waals surface area contributed by atoms with Gasteiger partial charge in [0.15, 0.2) is 0 Å². The molecule has 8 heteroatoms. The minimum atomic E-state index is -3.64. The zero-order valence-electron chi connectivity index (χ0n) is 17.2. The van der Waals surface area contributed by atoms with Gasteiger partial charge in [0.1, 0.15) is 5.82 Å². The van der Waals surface area contributed by atoms with Crippen molar-refractivity contribution in [2.75, 3.05) is 46.3 Å². The van der Waals surface area contributed by atoms with Crippen LogP contribution in [0.4, 0.5) is 4.39 Å². The predicted octanol–water partition coefficient (Wildman–Crippen LogP) is 2.56. The number of hydrogen-bond donors (Lipinski definition) is 0. The average Bonchev–Trinajstić information content (AvgIpc) is 2.95. The molecule has 1 aliphatic heterocycles. The third-order valence-corrected chi connectivity index (χ3v) is 7.95. The van der Waals surface area contributed by atoms with E-state index in [4.69, 9.17) is 0 Å². The predicted molar refractivity (Wildman–Crippen MR) is 110 cm³/mol. The number of likely N-dealkylation sites (N-methyl/N-ethyl adjacent to an activating group) is 1. The van der Waals surface area contributed by atoms with Crippen LogP contribution in [0, 0.1) is 11.7 Å². The molecular weight excluding hydrogens is 393 g/mol. The van der Waals surface area contributed by atoms with E-state index in [1.807, 2.05) is 16.8 Å². The molecule has 1 aromatic rings. The zero-order valence-corrected chi connectivity index (χ0v) is 18.0. The van der Waals surface area contributed by atoms with Crippen LogP contribution < -0.4 is 0 Å². The maximum atomic E-state index is 13.1. The van der Waals surface area contributed by atoms with Crippen molar-refractivity contribution in [2.24, 2.45) is 5.92 Å². The number of nitrogens with zero attached hydrogens (tertiary/aromatic N) is 3. The van der Waals surface area contributed by atoms with Crippen LogP contribution in [0.5, 0.6) is 0 Å². The van der Waals surface area contributed by atoms with Gasteiger partial charge in [-0.05, 0) is 56.0 Å². The van der Waals surface area contributed by atoms with Crippen LogP contribution in [0.25, 0.3) is 0 Å². The second kappa shape index (κ2) is 10.00.